The molecule has 6 heteroatoms. The summed E-state index contributed by atoms with van der Waals surface area (Å²) in [6, 6.07) is 0.107. The Morgan fingerprint density at radius 2 is 1.95 bits per heavy atom. The van der Waals surface area contributed by atoms with Gasteiger partial charge >= 0.3 is 11.9 Å². The molecule has 1 heterocycles. The van der Waals surface area contributed by atoms with Crippen molar-refractivity contribution in [1.29, 1.82) is 0 Å². The number of aliphatic carboxylic acids is 1. The van der Waals surface area contributed by atoms with Gasteiger partial charge in [-0.1, -0.05) is 0 Å². The van der Waals surface area contributed by atoms with Crippen LogP contribution in [0.15, 0.2) is 0 Å². The number of nitrogens with zero attached hydrogens (tertiary/aromatic N) is 1. The standard InChI is InChI=1S/C14H21NO4S/c1-8(2)15(7-6-11(16)17)13-12(14(18)19-5)9(3)10(4)20-13/h8H,6-7H2,1-5H3,(H,16,17). The van der Waals surface area contributed by atoms with Crippen molar-refractivity contribution in [1.82, 2.24) is 0 Å². The summed E-state index contributed by atoms with van der Waals surface area (Å²) in [5.74, 6) is -1.22. The molecule has 0 aromatic carbocycles. The van der Waals surface area contributed by atoms with E-state index >= 15 is 0 Å². The van der Waals surface area contributed by atoms with Gasteiger partial charge in [0.15, 0.2) is 0 Å². The monoisotopic (exact) mass is 299 g/mol. The molecule has 0 spiro atoms. The minimum atomic E-state index is -0.847. The van der Waals surface area contributed by atoms with Gasteiger partial charge in [-0.25, -0.2) is 4.79 Å². The number of esters is 1. The molecular formula is C14H21NO4S. The Kier molecular flexibility index (Phi) is 5.56. The maximum absolute atomic E-state index is 12.0. The van der Waals surface area contributed by atoms with Gasteiger partial charge in [0.25, 0.3) is 0 Å². The molecule has 0 saturated heterocycles. The SMILES string of the molecule is COC(=O)c1c(N(CCC(=O)O)C(C)C)sc(C)c1C. The highest BCUT2D eigenvalue weighted by atomic mass is 32.1. The predicted molar refractivity (Wildman–Crippen MR) is 79.9 cm³/mol. The maximum Gasteiger partial charge on any atom is 0.341 e. The van der Waals surface area contributed by atoms with Crippen molar-refractivity contribution in [2.45, 2.75) is 40.2 Å². The van der Waals surface area contributed by atoms with Gasteiger partial charge in [0, 0.05) is 17.5 Å². The number of carbonyl (C=O) groups excluding carboxylic acids is 1. The molecule has 0 bridgehead atoms. The second-order valence-corrected chi connectivity index (χ2v) is 6.09. The molecule has 0 unspecified atom stereocenters. The van der Waals surface area contributed by atoms with Crippen LogP contribution in [0, 0.1) is 13.8 Å². The zero-order valence-corrected chi connectivity index (χ0v) is 13.3. The summed E-state index contributed by atoms with van der Waals surface area (Å²) in [6.45, 7) is 8.17. The Labute approximate surface area is 123 Å². The Morgan fingerprint density at radius 3 is 2.40 bits per heavy atom. The third-order valence-electron chi connectivity index (χ3n) is 3.21. The number of rotatable bonds is 6. The van der Waals surface area contributed by atoms with Gasteiger partial charge < -0.3 is 14.7 Å². The van der Waals surface area contributed by atoms with Gasteiger partial charge in [0.2, 0.25) is 0 Å². The summed E-state index contributed by atoms with van der Waals surface area (Å²) < 4.78 is 4.85. The molecule has 0 fully saturated rings. The first-order valence-corrected chi connectivity index (χ1v) is 7.28. The number of anilines is 1. The molecule has 0 atom stereocenters. The highest BCUT2D eigenvalue weighted by Crippen LogP contribution is 2.36. The highest BCUT2D eigenvalue weighted by molar-refractivity contribution is 7.16. The zero-order valence-electron chi connectivity index (χ0n) is 12.5. The van der Waals surface area contributed by atoms with Crippen LogP contribution in [-0.4, -0.2) is 36.7 Å². The smallest absolute Gasteiger partial charge is 0.341 e. The van der Waals surface area contributed by atoms with E-state index in [9.17, 15) is 9.59 Å². The number of aryl methyl sites for hydroxylation is 1. The highest BCUT2D eigenvalue weighted by Gasteiger charge is 2.25. The normalized spacial score (nSPS) is 10.7. The van der Waals surface area contributed by atoms with Crippen molar-refractivity contribution < 1.29 is 19.4 Å². The van der Waals surface area contributed by atoms with E-state index in [-0.39, 0.29) is 18.4 Å². The lowest BCUT2D eigenvalue weighted by Crippen LogP contribution is -2.33. The summed E-state index contributed by atoms with van der Waals surface area (Å²) in [4.78, 5) is 25.8. The largest absolute Gasteiger partial charge is 0.481 e. The van der Waals surface area contributed by atoms with Crippen LogP contribution in [0.3, 0.4) is 0 Å². The molecule has 112 valence electrons. The minimum absolute atomic E-state index is 0.0365. The number of methoxy groups -OCH3 is 1. The summed E-state index contributed by atoms with van der Waals surface area (Å²) in [5.41, 5.74) is 1.45. The molecular weight excluding hydrogens is 278 g/mol. The van der Waals surface area contributed by atoms with Gasteiger partial charge in [0.1, 0.15) is 5.00 Å². The van der Waals surface area contributed by atoms with Crippen LogP contribution in [-0.2, 0) is 9.53 Å². The molecule has 0 amide bonds. The van der Waals surface area contributed by atoms with Gasteiger partial charge in [-0.2, -0.15) is 0 Å². The average Bonchev–Trinajstić information content (AvgIpc) is 2.64. The lowest BCUT2D eigenvalue weighted by atomic mass is 10.1. The first-order chi connectivity index (χ1) is 9.29. The third kappa shape index (κ3) is 3.50. The van der Waals surface area contributed by atoms with Crippen molar-refractivity contribution in [2.24, 2.45) is 0 Å². The van der Waals surface area contributed by atoms with Crippen LogP contribution >= 0.6 is 11.3 Å². The third-order valence-corrected chi connectivity index (χ3v) is 4.45. The maximum atomic E-state index is 12.0. The molecule has 0 aliphatic rings. The molecule has 0 saturated carbocycles. The quantitative estimate of drug-likeness (QED) is 0.818. The van der Waals surface area contributed by atoms with Crippen molar-refractivity contribution in [3.05, 3.63) is 16.0 Å². The van der Waals surface area contributed by atoms with Gasteiger partial charge in [0.05, 0.1) is 19.1 Å². The molecule has 1 aromatic heterocycles. The summed E-state index contributed by atoms with van der Waals surface area (Å²) in [7, 11) is 1.36. The number of hydrogen-bond acceptors (Lipinski definition) is 5. The van der Waals surface area contributed by atoms with Crippen LogP contribution in [0.4, 0.5) is 5.00 Å². The fraction of sp³-hybridized carbons (Fsp3) is 0.571. The summed E-state index contributed by atoms with van der Waals surface area (Å²) >= 11 is 1.50. The van der Waals surface area contributed by atoms with E-state index in [0.29, 0.717) is 12.1 Å². The molecule has 1 aromatic rings. The predicted octanol–water partition coefficient (Wildman–Crippen LogP) is 2.84. The van der Waals surface area contributed by atoms with Crippen LogP contribution in [0.1, 0.15) is 41.1 Å². The van der Waals surface area contributed by atoms with E-state index in [0.717, 1.165) is 15.4 Å². The second kappa shape index (κ2) is 6.74. The number of ether oxygens (including phenoxy) is 1. The van der Waals surface area contributed by atoms with E-state index in [1.807, 2.05) is 32.6 Å². The van der Waals surface area contributed by atoms with E-state index in [4.69, 9.17) is 9.84 Å². The molecule has 1 rings (SSSR count). The van der Waals surface area contributed by atoms with Crippen LogP contribution in [0.5, 0.6) is 0 Å². The molecule has 0 aliphatic heterocycles. The average molecular weight is 299 g/mol. The van der Waals surface area contributed by atoms with Crippen molar-refractivity contribution in [3.8, 4) is 0 Å². The van der Waals surface area contributed by atoms with Crippen LogP contribution in [0.2, 0.25) is 0 Å². The van der Waals surface area contributed by atoms with Crippen molar-refractivity contribution in [2.75, 3.05) is 18.6 Å². The Bertz CT molecular complexity index is 508. The van der Waals surface area contributed by atoms with Gasteiger partial charge in [-0.3, -0.25) is 4.79 Å². The molecule has 1 N–H and O–H groups in total. The molecule has 0 radical (unpaired) electrons. The zero-order chi connectivity index (χ0) is 15.4. The van der Waals surface area contributed by atoms with E-state index in [1.165, 1.54) is 18.4 Å². The van der Waals surface area contributed by atoms with Crippen LogP contribution in [0.25, 0.3) is 0 Å². The second-order valence-electron chi connectivity index (χ2n) is 4.89. The van der Waals surface area contributed by atoms with Crippen molar-refractivity contribution >= 4 is 28.3 Å². The number of hydrogen-bond donors (Lipinski definition) is 1. The number of carbonyl (C=O) groups is 2. The number of carboxylic acids is 1. The minimum Gasteiger partial charge on any atom is -0.481 e. The molecule has 0 aliphatic carbocycles. The lowest BCUT2D eigenvalue weighted by molar-refractivity contribution is -0.136. The molecule has 5 nitrogen and oxygen atoms in total. The fourth-order valence-corrected chi connectivity index (χ4v) is 3.27. The number of thiophene rings is 1. The first kappa shape index (κ1) is 16.5. The van der Waals surface area contributed by atoms with E-state index in [2.05, 4.69) is 0 Å². The lowest BCUT2D eigenvalue weighted by Gasteiger charge is -2.27. The summed E-state index contributed by atoms with van der Waals surface area (Å²) in [6.07, 6.45) is 0.0365. The first-order valence-electron chi connectivity index (χ1n) is 6.46. The summed E-state index contributed by atoms with van der Waals surface area (Å²) in [5, 5.41) is 9.66. The Morgan fingerprint density at radius 1 is 1.35 bits per heavy atom. The van der Waals surface area contributed by atoms with Gasteiger partial charge in [-0.05, 0) is 33.3 Å². The molecule has 20 heavy (non-hydrogen) atoms. The van der Waals surface area contributed by atoms with E-state index < -0.39 is 5.97 Å². The van der Waals surface area contributed by atoms with Gasteiger partial charge in [-0.15, -0.1) is 11.3 Å². The van der Waals surface area contributed by atoms with E-state index in [1.54, 1.807) is 0 Å². The van der Waals surface area contributed by atoms with Crippen LogP contribution < -0.4 is 4.90 Å². The topological polar surface area (TPSA) is 66.8 Å². The fourth-order valence-electron chi connectivity index (χ4n) is 1.96. The Balaban J connectivity index is 3.22. The van der Waals surface area contributed by atoms with Crippen molar-refractivity contribution in [3.63, 3.8) is 0 Å². The Hall–Kier alpha value is -1.56. The number of carboxylic acid groups (broad SMARTS) is 1.